The van der Waals surface area contributed by atoms with Gasteiger partial charge in [0, 0.05) is 44.3 Å². The Labute approximate surface area is 203 Å². The van der Waals surface area contributed by atoms with Gasteiger partial charge in [-0.2, -0.15) is 0 Å². The van der Waals surface area contributed by atoms with E-state index in [1.807, 2.05) is 20.2 Å². The lowest BCUT2D eigenvalue weighted by Crippen LogP contribution is -2.26. The summed E-state index contributed by atoms with van der Waals surface area (Å²) in [5.41, 5.74) is 6.85. The maximum Gasteiger partial charge on any atom is 0.224 e. The summed E-state index contributed by atoms with van der Waals surface area (Å²) in [6.07, 6.45) is 5.55. The Balaban J connectivity index is 1.69. The van der Waals surface area contributed by atoms with E-state index >= 15 is 0 Å². The van der Waals surface area contributed by atoms with E-state index in [0.717, 1.165) is 64.9 Å². The molecule has 0 unspecified atom stereocenters. The van der Waals surface area contributed by atoms with Crippen molar-refractivity contribution in [2.24, 2.45) is 13.0 Å². The molecule has 1 saturated heterocycles. The Morgan fingerprint density at radius 3 is 2.66 bits per heavy atom. The quantitative estimate of drug-likeness (QED) is 0.378. The fraction of sp³-hybridized carbons (Fsp3) is 0.333. The van der Waals surface area contributed by atoms with Gasteiger partial charge in [-0.05, 0) is 37.3 Å². The molecular weight excluding hydrogens is 440 g/mol. The van der Waals surface area contributed by atoms with Crippen LogP contribution in [0.25, 0.3) is 33.2 Å². The van der Waals surface area contributed by atoms with Crippen LogP contribution < -0.4 is 4.74 Å². The highest BCUT2D eigenvalue weighted by atomic mass is 16.5. The van der Waals surface area contributed by atoms with Gasteiger partial charge in [-0.25, -0.2) is 9.67 Å². The average Bonchev–Trinajstić information content (AvgIpc) is 3.41. The fourth-order valence-corrected chi connectivity index (χ4v) is 5.49. The van der Waals surface area contributed by atoms with Crippen LogP contribution in [0.1, 0.15) is 30.1 Å². The van der Waals surface area contributed by atoms with Crippen molar-refractivity contribution in [1.82, 2.24) is 29.5 Å². The first-order chi connectivity index (χ1) is 17.2. The van der Waals surface area contributed by atoms with Crippen LogP contribution in [0.2, 0.25) is 0 Å². The average molecular weight is 468 g/mol. The number of pyridine rings is 2. The smallest absolute Gasteiger partial charge is 0.224 e. The number of fused-ring (bicyclic) bond motifs is 3. The van der Waals surface area contributed by atoms with Crippen molar-refractivity contribution in [3.8, 4) is 17.1 Å². The summed E-state index contributed by atoms with van der Waals surface area (Å²) in [6, 6.07) is 16.4. The number of hydrogen-bond acceptors (Lipinski definition) is 6. The van der Waals surface area contributed by atoms with Gasteiger partial charge >= 0.3 is 0 Å². The Hall–Kier alpha value is -3.78. The van der Waals surface area contributed by atoms with Gasteiger partial charge in [-0.15, -0.1) is 5.10 Å². The monoisotopic (exact) mass is 467 g/mol. The van der Waals surface area contributed by atoms with Crippen LogP contribution >= 0.6 is 0 Å². The van der Waals surface area contributed by atoms with E-state index in [-0.39, 0.29) is 6.04 Å². The molecule has 1 radical (unpaired) electrons. The molecule has 0 N–H and O–H groups in total. The Morgan fingerprint density at radius 1 is 1.14 bits per heavy atom. The summed E-state index contributed by atoms with van der Waals surface area (Å²) in [7, 11) is 3.56. The van der Waals surface area contributed by atoms with Crippen molar-refractivity contribution in [1.29, 1.82) is 0 Å². The number of nitrogens with zero attached hydrogens (tertiary/aromatic N) is 6. The van der Waals surface area contributed by atoms with Crippen LogP contribution in [0.5, 0.6) is 5.88 Å². The van der Waals surface area contributed by atoms with E-state index in [2.05, 4.69) is 62.3 Å². The largest absolute Gasteiger partial charge is 0.480 e. The maximum atomic E-state index is 5.73. The van der Waals surface area contributed by atoms with Gasteiger partial charge in [0.05, 0.1) is 41.0 Å². The lowest BCUT2D eigenvalue weighted by Gasteiger charge is -2.33. The predicted molar refractivity (Wildman–Crippen MR) is 133 cm³/mol. The lowest BCUT2D eigenvalue weighted by atomic mass is 9.86. The first-order valence-corrected chi connectivity index (χ1v) is 11.9. The predicted octanol–water partition coefficient (Wildman–Crippen LogP) is 4.51. The number of methoxy groups -OCH3 is 1. The molecule has 1 atom stereocenters. The van der Waals surface area contributed by atoms with Crippen molar-refractivity contribution in [3.05, 3.63) is 66.1 Å². The molecule has 5 heterocycles. The summed E-state index contributed by atoms with van der Waals surface area (Å²) in [5, 5.41) is 9.33. The van der Waals surface area contributed by atoms with Gasteiger partial charge in [-0.1, -0.05) is 35.5 Å². The molecule has 0 amide bonds. The van der Waals surface area contributed by atoms with Crippen molar-refractivity contribution in [2.75, 3.05) is 20.3 Å². The van der Waals surface area contributed by atoms with E-state index < -0.39 is 0 Å². The third kappa shape index (κ3) is 3.56. The second-order valence-electron chi connectivity index (χ2n) is 9.05. The van der Waals surface area contributed by atoms with E-state index in [9.17, 15) is 0 Å². The van der Waals surface area contributed by atoms with Crippen LogP contribution in [0.15, 0.2) is 48.8 Å². The molecule has 177 valence electrons. The van der Waals surface area contributed by atoms with Gasteiger partial charge in [0.25, 0.3) is 0 Å². The summed E-state index contributed by atoms with van der Waals surface area (Å²) in [5.74, 6) is 0.959. The number of hydrogen-bond donors (Lipinski definition) is 0. The van der Waals surface area contributed by atoms with Crippen LogP contribution in [0.4, 0.5) is 0 Å². The number of benzene rings is 1. The minimum absolute atomic E-state index is 0.0891. The molecule has 0 aliphatic carbocycles. The number of aromatic nitrogens is 6. The maximum absolute atomic E-state index is 5.73. The molecule has 6 rings (SSSR count). The molecule has 1 aliphatic rings. The Morgan fingerprint density at radius 2 is 1.94 bits per heavy atom. The molecule has 1 fully saturated rings. The summed E-state index contributed by atoms with van der Waals surface area (Å²) in [4.78, 5) is 9.40. The van der Waals surface area contributed by atoms with Crippen molar-refractivity contribution >= 4 is 21.9 Å². The molecular formula is C27H27N6O2. The molecule has 0 spiro atoms. The van der Waals surface area contributed by atoms with E-state index in [0.29, 0.717) is 11.8 Å². The standard InChI is InChI=1S/C27H27N6O2/c1-17-25(32(2)31-30-17)20-15-22-24(29-16-20)23-21(9-12-28-27(23)34-3)33(22)26(18-7-5-4-6-8-18)19-10-13-35-14-11-19/h4-8,12,15-16,19,26H,10-11,13-14H2,1-3H3/t26-/m1/s1. The van der Waals surface area contributed by atoms with E-state index in [1.165, 1.54) is 5.56 Å². The molecule has 1 aliphatic heterocycles. The Kier molecular flexibility index (Phi) is 5.45. The zero-order valence-corrected chi connectivity index (χ0v) is 20.1. The zero-order chi connectivity index (χ0) is 23.9. The van der Waals surface area contributed by atoms with Crippen LogP contribution in [-0.2, 0) is 11.8 Å². The lowest BCUT2D eigenvalue weighted by molar-refractivity contribution is 0.0552. The molecule has 0 bridgehead atoms. The van der Waals surface area contributed by atoms with Crippen molar-refractivity contribution in [3.63, 3.8) is 0 Å². The van der Waals surface area contributed by atoms with Gasteiger partial charge in [0.2, 0.25) is 5.88 Å². The highest BCUT2D eigenvalue weighted by Gasteiger charge is 2.31. The van der Waals surface area contributed by atoms with Crippen LogP contribution in [0.3, 0.4) is 0 Å². The minimum Gasteiger partial charge on any atom is -0.480 e. The van der Waals surface area contributed by atoms with Crippen molar-refractivity contribution < 1.29 is 9.47 Å². The van der Waals surface area contributed by atoms with Gasteiger partial charge in [-0.3, -0.25) is 4.98 Å². The normalized spacial score (nSPS) is 15.6. The molecule has 35 heavy (non-hydrogen) atoms. The summed E-state index contributed by atoms with van der Waals surface area (Å²) >= 11 is 0. The number of ether oxygens (including phenoxy) is 2. The van der Waals surface area contributed by atoms with Crippen LogP contribution in [-0.4, -0.2) is 49.9 Å². The first kappa shape index (κ1) is 21.7. The number of rotatable bonds is 5. The highest BCUT2D eigenvalue weighted by molar-refractivity contribution is 6.09. The highest BCUT2D eigenvalue weighted by Crippen LogP contribution is 2.42. The van der Waals surface area contributed by atoms with Gasteiger partial charge < -0.3 is 14.0 Å². The fourth-order valence-electron chi connectivity index (χ4n) is 5.49. The zero-order valence-electron chi connectivity index (χ0n) is 20.1. The molecule has 8 nitrogen and oxygen atoms in total. The third-order valence-corrected chi connectivity index (χ3v) is 7.03. The molecule has 1 aromatic carbocycles. The molecule has 8 heteroatoms. The molecule has 4 aromatic heterocycles. The minimum atomic E-state index is 0.0891. The van der Waals surface area contributed by atoms with E-state index in [1.54, 1.807) is 18.0 Å². The second-order valence-corrected chi connectivity index (χ2v) is 9.05. The summed E-state index contributed by atoms with van der Waals surface area (Å²) < 4.78 is 15.6. The van der Waals surface area contributed by atoms with Crippen molar-refractivity contribution in [2.45, 2.75) is 25.8 Å². The first-order valence-electron chi connectivity index (χ1n) is 11.9. The Bertz CT molecular complexity index is 1480. The van der Waals surface area contributed by atoms with E-state index in [4.69, 9.17) is 14.5 Å². The topological polar surface area (TPSA) is 79.9 Å². The SMILES string of the molecule is COc1nc[c]c2c1c1ncc(-c3c(C)nnn3C)cc1n2[C@H](c1ccccc1)C1CCOCC1. The van der Waals surface area contributed by atoms with Gasteiger partial charge in [0.1, 0.15) is 5.52 Å². The van der Waals surface area contributed by atoms with Gasteiger partial charge in [0.15, 0.2) is 0 Å². The molecule has 0 saturated carbocycles. The summed E-state index contributed by atoms with van der Waals surface area (Å²) in [6.45, 7) is 3.50. The third-order valence-electron chi connectivity index (χ3n) is 7.03. The number of aryl methyl sites for hydroxylation is 2. The second kappa shape index (κ2) is 8.78. The molecule has 5 aromatic rings. The van der Waals surface area contributed by atoms with Crippen LogP contribution in [0, 0.1) is 18.9 Å².